The van der Waals surface area contributed by atoms with Gasteiger partial charge in [0.05, 0.1) is 18.2 Å². The number of hydrogen-bond acceptors (Lipinski definition) is 5. The van der Waals surface area contributed by atoms with Crippen molar-refractivity contribution in [2.45, 2.75) is 31.2 Å². The molecular formula is C18H16N6O2. The normalized spacial score (nSPS) is 18.6. The molecule has 8 nitrogen and oxygen atoms in total. The summed E-state index contributed by atoms with van der Waals surface area (Å²) in [7, 11) is 0. The topological polar surface area (TPSA) is 101 Å². The lowest BCUT2D eigenvalue weighted by atomic mass is 10.0. The molecule has 0 bridgehead atoms. The Hall–Kier alpha value is -3.29. The number of aromatic nitrogens is 4. The Kier molecular flexibility index (Phi) is 3.24. The van der Waals surface area contributed by atoms with E-state index in [0.717, 1.165) is 24.1 Å². The number of carbonyl (C=O) groups excluding carboxylic acids is 2. The molecule has 2 aliphatic rings. The maximum Gasteiger partial charge on any atom is 0.254 e. The van der Waals surface area contributed by atoms with E-state index < -0.39 is 0 Å². The van der Waals surface area contributed by atoms with Gasteiger partial charge in [0.25, 0.3) is 17.6 Å². The van der Waals surface area contributed by atoms with Crippen molar-refractivity contribution in [3.8, 4) is 0 Å². The van der Waals surface area contributed by atoms with E-state index in [1.165, 1.54) is 0 Å². The molecule has 0 saturated heterocycles. The Morgan fingerprint density at radius 3 is 2.96 bits per heavy atom. The molecule has 130 valence electrons. The minimum Gasteiger partial charge on any atom is -0.345 e. The fourth-order valence-electron chi connectivity index (χ4n) is 3.40. The standard InChI is InChI=1S/C18H16N6O2/c25-15(9-13-11-3-1-2-4-12(11)16(26)20-13)21-17-22-18-19-8-7-14(10-5-6-10)24(18)23-17/h1-4,7-8,10,13H,5-6,9H2,(H,20,26)(H,21,23,25). The number of amides is 2. The van der Waals surface area contributed by atoms with Crippen molar-refractivity contribution in [1.82, 2.24) is 24.9 Å². The third-order valence-corrected chi connectivity index (χ3v) is 4.79. The van der Waals surface area contributed by atoms with Crippen LogP contribution in [0.15, 0.2) is 36.5 Å². The van der Waals surface area contributed by atoms with E-state index in [0.29, 0.717) is 17.3 Å². The molecule has 3 heterocycles. The number of rotatable bonds is 4. The summed E-state index contributed by atoms with van der Waals surface area (Å²) < 4.78 is 1.69. The van der Waals surface area contributed by atoms with Gasteiger partial charge in [0.2, 0.25) is 5.91 Å². The molecule has 0 radical (unpaired) electrons. The van der Waals surface area contributed by atoms with Gasteiger partial charge in [-0.1, -0.05) is 18.2 Å². The maximum atomic E-state index is 12.4. The van der Waals surface area contributed by atoms with E-state index in [1.54, 1.807) is 16.8 Å². The molecule has 1 aromatic carbocycles. The monoisotopic (exact) mass is 348 g/mol. The molecule has 0 spiro atoms. The Labute approximate surface area is 148 Å². The van der Waals surface area contributed by atoms with Gasteiger partial charge in [0.1, 0.15) is 0 Å². The summed E-state index contributed by atoms with van der Waals surface area (Å²) in [6.07, 6.45) is 4.12. The molecule has 2 aromatic heterocycles. The highest BCUT2D eigenvalue weighted by molar-refractivity contribution is 6.00. The van der Waals surface area contributed by atoms with Crippen molar-refractivity contribution in [2.75, 3.05) is 5.32 Å². The maximum absolute atomic E-state index is 12.4. The number of anilines is 1. The zero-order chi connectivity index (χ0) is 17.7. The van der Waals surface area contributed by atoms with Gasteiger partial charge >= 0.3 is 0 Å². The van der Waals surface area contributed by atoms with Crippen LogP contribution in [0.4, 0.5) is 5.95 Å². The second-order valence-electron chi connectivity index (χ2n) is 6.66. The van der Waals surface area contributed by atoms with E-state index in [2.05, 4.69) is 25.7 Å². The molecule has 2 N–H and O–H groups in total. The third-order valence-electron chi connectivity index (χ3n) is 4.79. The van der Waals surface area contributed by atoms with Gasteiger partial charge < -0.3 is 5.32 Å². The Bertz CT molecular complexity index is 1040. The summed E-state index contributed by atoms with van der Waals surface area (Å²) in [4.78, 5) is 32.9. The lowest BCUT2D eigenvalue weighted by molar-refractivity contribution is -0.116. The van der Waals surface area contributed by atoms with Gasteiger partial charge in [-0.05, 0) is 30.5 Å². The van der Waals surface area contributed by atoms with Crippen LogP contribution in [-0.2, 0) is 4.79 Å². The minimum atomic E-state index is -0.337. The average molecular weight is 348 g/mol. The summed E-state index contributed by atoms with van der Waals surface area (Å²) in [6, 6.07) is 8.90. The molecule has 8 heteroatoms. The van der Waals surface area contributed by atoms with Crippen molar-refractivity contribution in [3.05, 3.63) is 53.3 Å². The Balaban J connectivity index is 1.34. The molecule has 1 atom stereocenters. The number of nitrogens with one attached hydrogen (secondary N) is 2. The predicted octanol–water partition coefficient (Wildman–Crippen LogP) is 1.81. The van der Waals surface area contributed by atoms with Gasteiger partial charge in [-0.25, -0.2) is 4.98 Å². The molecule has 1 unspecified atom stereocenters. The molecule has 2 amide bonds. The zero-order valence-electron chi connectivity index (χ0n) is 13.8. The third kappa shape index (κ3) is 2.50. The van der Waals surface area contributed by atoms with Crippen LogP contribution in [0.5, 0.6) is 0 Å². The van der Waals surface area contributed by atoms with Crippen LogP contribution >= 0.6 is 0 Å². The summed E-state index contributed by atoms with van der Waals surface area (Å²) in [6.45, 7) is 0. The van der Waals surface area contributed by atoms with Crippen molar-refractivity contribution in [1.29, 1.82) is 0 Å². The SMILES string of the molecule is O=C(CC1NC(=O)c2ccccc21)Nc1nc2nccc(C3CC3)n2n1. The number of fused-ring (bicyclic) bond motifs is 2. The van der Waals surface area contributed by atoms with Crippen LogP contribution in [-0.4, -0.2) is 31.4 Å². The number of carbonyl (C=O) groups is 2. The highest BCUT2D eigenvalue weighted by Gasteiger charge is 2.30. The first-order valence-corrected chi connectivity index (χ1v) is 8.60. The first kappa shape index (κ1) is 15.0. The van der Waals surface area contributed by atoms with Crippen LogP contribution in [0.2, 0.25) is 0 Å². The lowest BCUT2D eigenvalue weighted by Gasteiger charge is -2.10. The first-order valence-electron chi connectivity index (χ1n) is 8.60. The largest absolute Gasteiger partial charge is 0.345 e. The summed E-state index contributed by atoms with van der Waals surface area (Å²) in [5, 5.41) is 9.93. The van der Waals surface area contributed by atoms with Gasteiger partial charge in [0, 0.05) is 17.7 Å². The van der Waals surface area contributed by atoms with E-state index in [-0.39, 0.29) is 30.2 Å². The van der Waals surface area contributed by atoms with E-state index in [9.17, 15) is 9.59 Å². The highest BCUT2D eigenvalue weighted by Crippen LogP contribution is 2.39. The van der Waals surface area contributed by atoms with Crippen LogP contribution in [0, 0.1) is 0 Å². The predicted molar refractivity (Wildman–Crippen MR) is 92.7 cm³/mol. The molecule has 5 rings (SSSR count). The summed E-state index contributed by atoms with van der Waals surface area (Å²) in [5.41, 5.74) is 2.53. The van der Waals surface area contributed by atoms with Gasteiger partial charge in [-0.2, -0.15) is 9.50 Å². The molecule has 1 fully saturated rings. The molecule has 3 aromatic rings. The number of benzene rings is 1. The van der Waals surface area contributed by atoms with Gasteiger partial charge in [-0.3, -0.25) is 14.9 Å². The van der Waals surface area contributed by atoms with Crippen molar-refractivity contribution in [2.24, 2.45) is 0 Å². The van der Waals surface area contributed by atoms with Crippen LogP contribution in [0.1, 0.15) is 52.8 Å². The van der Waals surface area contributed by atoms with E-state index >= 15 is 0 Å². The smallest absolute Gasteiger partial charge is 0.254 e. The lowest BCUT2D eigenvalue weighted by Crippen LogP contribution is -2.24. The fraction of sp³-hybridized carbons (Fsp3) is 0.278. The molecule has 1 aliphatic carbocycles. The second-order valence-corrected chi connectivity index (χ2v) is 6.66. The summed E-state index contributed by atoms with van der Waals surface area (Å²) in [5.74, 6) is 0.798. The minimum absolute atomic E-state index is 0.126. The molecule has 1 aliphatic heterocycles. The number of hydrogen-bond donors (Lipinski definition) is 2. The molecule has 1 saturated carbocycles. The Morgan fingerprint density at radius 2 is 2.12 bits per heavy atom. The quantitative estimate of drug-likeness (QED) is 0.749. The first-order chi connectivity index (χ1) is 12.7. The zero-order valence-corrected chi connectivity index (χ0v) is 13.8. The van der Waals surface area contributed by atoms with Crippen LogP contribution in [0.3, 0.4) is 0 Å². The fourth-order valence-corrected chi connectivity index (χ4v) is 3.40. The summed E-state index contributed by atoms with van der Waals surface area (Å²) >= 11 is 0. The van der Waals surface area contributed by atoms with Crippen LogP contribution < -0.4 is 10.6 Å². The second kappa shape index (κ2) is 5.62. The van der Waals surface area contributed by atoms with Crippen molar-refractivity contribution >= 4 is 23.5 Å². The number of nitrogens with zero attached hydrogens (tertiary/aromatic N) is 4. The van der Waals surface area contributed by atoms with E-state index in [1.807, 2.05) is 24.3 Å². The van der Waals surface area contributed by atoms with Crippen molar-refractivity contribution in [3.63, 3.8) is 0 Å². The van der Waals surface area contributed by atoms with Crippen LogP contribution in [0.25, 0.3) is 5.78 Å². The van der Waals surface area contributed by atoms with Gasteiger partial charge in [0.15, 0.2) is 0 Å². The molecular weight excluding hydrogens is 332 g/mol. The highest BCUT2D eigenvalue weighted by atomic mass is 16.2. The Morgan fingerprint density at radius 1 is 1.27 bits per heavy atom. The average Bonchev–Trinajstić information content (AvgIpc) is 3.32. The van der Waals surface area contributed by atoms with Gasteiger partial charge in [-0.15, -0.1) is 5.10 Å². The van der Waals surface area contributed by atoms with Crippen molar-refractivity contribution < 1.29 is 9.59 Å². The van der Waals surface area contributed by atoms with E-state index in [4.69, 9.17) is 0 Å². The molecule has 26 heavy (non-hydrogen) atoms.